The molecule has 3 aromatic carbocycles. The highest BCUT2D eigenvalue weighted by molar-refractivity contribution is 6.02. The normalized spacial score (nSPS) is 13.0. The summed E-state index contributed by atoms with van der Waals surface area (Å²) in [5.41, 5.74) is 4.08. The van der Waals surface area contributed by atoms with Gasteiger partial charge < -0.3 is 9.97 Å². The first-order valence-corrected chi connectivity index (χ1v) is 11.8. The second-order valence-electron chi connectivity index (χ2n) is 8.91. The smallest absolute Gasteiger partial charge is 0.197 e. The van der Waals surface area contributed by atoms with Crippen molar-refractivity contribution in [3.63, 3.8) is 0 Å². The van der Waals surface area contributed by atoms with Gasteiger partial charge in [0.05, 0.1) is 16.6 Å². The van der Waals surface area contributed by atoms with Gasteiger partial charge in [0.15, 0.2) is 10.9 Å². The van der Waals surface area contributed by atoms with Gasteiger partial charge in [0.1, 0.15) is 0 Å². The van der Waals surface area contributed by atoms with Crippen molar-refractivity contribution < 1.29 is 0 Å². The van der Waals surface area contributed by atoms with Gasteiger partial charge in [-0.05, 0) is 74.8 Å². The highest BCUT2D eigenvalue weighted by atomic mass is 16.1. The van der Waals surface area contributed by atoms with Gasteiger partial charge in [0.2, 0.25) is 0 Å². The van der Waals surface area contributed by atoms with Crippen LogP contribution in [0.2, 0.25) is 0 Å². The maximum atomic E-state index is 13.4. The van der Waals surface area contributed by atoms with Crippen molar-refractivity contribution in [2.45, 2.75) is 39.7 Å². The number of nitrogens with one attached hydrogen (secondary N) is 2. The first-order valence-electron chi connectivity index (χ1n) is 11.8. The molecular formula is C28H29N3O2. The van der Waals surface area contributed by atoms with Crippen LogP contribution in [0.15, 0.2) is 64.2 Å². The van der Waals surface area contributed by atoms with Crippen LogP contribution < -0.4 is 10.9 Å². The summed E-state index contributed by atoms with van der Waals surface area (Å²) >= 11 is 0. The number of pyridine rings is 2. The maximum Gasteiger partial charge on any atom is 0.197 e. The van der Waals surface area contributed by atoms with Gasteiger partial charge in [-0.15, -0.1) is 0 Å². The lowest BCUT2D eigenvalue weighted by Crippen LogP contribution is -2.28. The lowest BCUT2D eigenvalue weighted by molar-refractivity contribution is 0.211. The summed E-state index contributed by atoms with van der Waals surface area (Å²) in [7, 11) is 0. The maximum absolute atomic E-state index is 13.4. The molecule has 0 saturated carbocycles. The molecule has 0 bridgehead atoms. The van der Waals surface area contributed by atoms with Crippen molar-refractivity contribution >= 4 is 43.6 Å². The molecule has 0 spiro atoms. The second-order valence-corrected chi connectivity index (χ2v) is 8.91. The third-order valence-corrected chi connectivity index (χ3v) is 6.70. The third-order valence-electron chi connectivity index (χ3n) is 6.70. The third kappa shape index (κ3) is 3.62. The molecule has 2 N–H and O–H groups in total. The Morgan fingerprint density at radius 2 is 1.24 bits per heavy atom. The van der Waals surface area contributed by atoms with E-state index in [4.69, 9.17) is 0 Å². The number of aromatic amines is 2. The number of hydrogen-bond donors (Lipinski definition) is 2. The average Bonchev–Trinajstić information content (AvgIpc) is 2.83. The second kappa shape index (κ2) is 8.49. The van der Waals surface area contributed by atoms with Crippen molar-refractivity contribution in [2.75, 3.05) is 13.1 Å². The summed E-state index contributed by atoms with van der Waals surface area (Å²) in [6, 6.07) is 17.4. The zero-order valence-corrected chi connectivity index (χ0v) is 19.4. The highest BCUT2D eigenvalue weighted by Gasteiger charge is 2.16. The molecule has 0 radical (unpaired) electrons. The van der Waals surface area contributed by atoms with E-state index in [1.165, 1.54) is 5.56 Å². The van der Waals surface area contributed by atoms with Crippen molar-refractivity contribution in [1.82, 2.24) is 14.9 Å². The first kappa shape index (κ1) is 21.4. The van der Waals surface area contributed by atoms with Crippen LogP contribution in [0.5, 0.6) is 0 Å². The predicted molar refractivity (Wildman–Crippen MR) is 138 cm³/mol. The average molecular weight is 440 g/mol. The van der Waals surface area contributed by atoms with E-state index in [0.717, 1.165) is 37.0 Å². The quantitative estimate of drug-likeness (QED) is 0.326. The molecule has 5 aromatic rings. The lowest BCUT2D eigenvalue weighted by Gasteiger charge is -2.29. The summed E-state index contributed by atoms with van der Waals surface area (Å²) in [5, 5.41) is 2.48. The highest BCUT2D eigenvalue weighted by Crippen LogP contribution is 2.26. The first-order chi connectivity index (χ1) is 16.0. The Hall–Kier alpha value is -3.44. The molecule has 0 saturated heterocycles. The molecule has 0 aliphatic carbocycles. The van der Waals surface area contributed by atoms with Crippen molar-refractivity contribution in [1.29, 1.82) is 0 Å². The molecule has 5 heteroatoms. The summed E-state index contributed by atoms with van der Waals surface area (Å²) in [4.78, 5) is 35.7. The number of para-hydroxylation sites is 1. The fourth-order valence-corrected chi connectivity index (χ4v) is 4.96. The van der Waals surface area contributed by atoms with E-state index in [1.54, 1.807) is 6.07 Å². The molecular weight excluding hydrogens is 410 g/mol. The monoisotopic (exact) mass is 439 g/mol. The Balaban J connectivity index is 1.71. The number of fused-ring (bicyclic) bond motifs is 4. The minimum absolute atomic E-state index is 0.0205. The van der Waals surface area contributed by atoms with Gasteiger partial charge in [-0.25, -0.2) is 0 Å². The molecule has 1 atom stereocenters. The predicted octanol–water partition coefficient (Wildman–Crippen LogP) is 5.86. The van der Waals surface area contributed by atoms with E-state index in [9.17, 15) is 9.59 Å². The lowest BCUT2D eigenvalue weighted by atomic mass is 10.0. The van der Waals surface area contributed by atoms with Crippen LogP contribution in [0.4, 0.5) is 0 Å². The van der Waals surface area contributed by atoms with Crippen molar-refractivity contribution in [3.8, 4) is 0 Å². The topological polar surface area (TPSA) is 69.0 Å². The summed E-state index contributed by atoms with van der Waals surface area (Å²) in [6.45, 7) is 8.72. The Morgan fingerprint density at radius 1 is 0.697 bits per heavy atom. The molecule has 0 aliphatic rings. The minimum Gasteiger partial charge on any atom is -0.354 e. The molecule has 5 nitrogen and oxygen atoms in total. The Bertz CT molecular complexity index is 1610. The van der Waals surface area contributed by atoms with E-state index < -0.39 is 0 Å². The fourth-order valence-electron chi connectivity index (χ4n) is 4.96. The number of rotatable bonds is 6. The van der Waals surface area contributed by atoms with Gasteiger partial charge in [-0.3, -0.25) is 14.5 Å². The van der Waals surface area contributed by atoms with Crippen LogP contribution >= 0.6 is 0 Å². The molecule has 0 amide bonds. The van der Waals surface area contributed by atoms with Crippen LogP contribution in [-0.2, 0) is 0 Å². The van der Waals surface area contributed by atoms with E-state index in [1.807, 2.05) is 36.4 Å². The fraction of sp³-hybridized carbons (Fsp3) is 0.286. The molecule has 2 aromatic heterocycles. The van der Waals surface area contributed by atoms with Gasteiger partial charge in [0, 0.05) is 33.1 Å². The van der Waals surface area contributed by atoms with E-state index in [-0.39, 0.29) is 16.9 Å². The van der Waals surface area contributed by atoms with Crippen molar-refractivity contribution in [2.24, 2.45) is 0 Å². The number of hydrogen-bond acceptors (Lipinski definition) is 3. The molecule has 0 aliphatic heterocycles. The van der Waals surface area contributed by atoms with Crippen LogP contribution in [0.25, 0.3) is 43.6 Å². The molecule has 5 rings (SSSR count). The Kier molecular flexibility index (Phi) is 5.51. The van der Waals surface area contributed by atoms with Gasteiger partial charge in [-0.2, -0.15) is 0 Å². The minimum atomic E-state index is -0.0284. The summed E-state index contributed by atoms with van der Waals surface area (Å²) < 4.78 is 0. The van der Waals surface area contributed by atoms with Crippen LogP contribution in [-0.4, -0.2) is 28.0 Å². The molecule has 0 fully saturated rings. The van der Waals surface area contributed by atoms with E-state index in [2.05, 4.69) is 47.8 Å². The molecule has 2 heterocycles. The van der Waals surface area contributed by atoms with Crippen LogP contribution in [0.3, 0.4) is 0 Å². The van der Waals surface area contributed by atoms with Crippen LogP contribution in [0, 0.1) is 0 Å². The van der Waals surface area contributed by atoms with Crippen molar-refractivity contribution in [3.05, 3.63) is 80.6 Å². The number of nitrogens with zero attached hydrogens (tertiary/aromatic N) is 1. The zero-order valence-electron chi connectivity index (χ0n) is 19.4. The molecule has 168 valence electrons. The van der Waals surface area contributed by atoms with E-state index >= 15 is 0 Å². The molecule has 1 unspecified atom stereocenters. The standard InChI is InChI=1S/C28H29N3O2/c1-4-12-31(13-5-2)17(3)18-10-11-20-24(14-18)30-26-16-21-25(15-22(26)28(20)33)29-23-9-7-6-8-19(23)27(21)32/h6-11,14-17H,4-5,12-13H2,1-3H3,(H,29,32)(H,30,33). The largest absolute Gasteiger partial charge is 0.354 e. The summed E-state index contributed by atoms with van der Waals surface area (Å²) in [5.74, 6) is 0. The van der Waals surface area contributed by atoms with Gasteiger partial charge in [-0.1, -0.05) is 32.0 Å². The summed E-state index contributed by atoms with van der Waals surface area (Å²) in [6.07, 6.45) is 2.21. The van der Waals surface area contributed by atoms with Crippen LogP contribution in [0.1, 0.15) is 45.2 Å². The number of H-pyrrole nitrogens is 2. The Morgan fingerprint density at radius 3 is 1.88 bits per heavy atom. The number of aromatic nitrogens is 2. The molecule has 33 heavy (non-hydrogen) atoms. The van der Waals surface area contributed by atoms with Gasteiger partial charge in [0.25, 0.3) is 0 Å². The SMILES string of the molecule is CCCN(CCC)C(C)c1ccc2c(=O)c3cc4[nH]c5ccccc5c(=O)c4cc3[nH]c2c1. The zero-order chi connectivity index (χ0) is 23.1. The van der Waals surface area contributed by atoms with Gasteiger partial charge >= 0.3 is 0 Å². The Labute approximate surface area is 192 Å². The van der Waals surface area contributed by atoms with E-state index in [0.29, 0.717) is 32.6 Å². The number of benzene rings is 3.